The number of nitro benzene ring substituents is 1. The molecule has 2 N–H and O–H groups in total. The van der Waals surface area contributed by atoms with Gasteiger partial charge < -0.3 is 15.4 Å². The van der Waals surface area contributed by atoms with Crippen molar-refractivity contribution in [2.24, 2.45) is 0 Å². The van der Waals surface area contributed by atoms with Gasteiger partial charge in [-0.25, -0.2) is 0 Å². The van der Waals surface area contributed by atoms with Crippen LogP contribution >= 0.6 is 11.6 Å². The van der Waals surface area contributed by atoms with Crippen LogP contribution < -0.4 is 10.6 Å². The number of nitrogens with zero attached hydrogens (tertiary/aromatic N) is 2. The van der Waals surface area contributed by atoms with Crippen LogP contribution in [0.2, 0.25) is 5.02 Å². The summed E-state index contributed by atoms with van der Waals surface area (Å²) in [4.78, 5) is 12.2. The number of morpholine rings is 1. The number of nitro groups is 1. The lowest BCUT2D eigenvalue weighted by atomic mass is 10.2. The standard InChI is InChI=1S/C10H12ClN3O3/c11-7-5-10(14(15)16)8(12)6-9(7)13-1-3-17-4-2-13/h5-6H,1-4,12H2. The lowest BCUT2D eigenvalue weighted by Crippen LogP contribution is -2.36. The molecular formula is C10H12ClN3O3. The third-order valence-electron chi connectivity index (χ3n) is 2.64. The maximum absolute atomic E-state index is 10.7. The molecule has 1 aromatic carbocycles. The van der Waals surface area contributed by atoms with Gasteiger partial charge in [-0.3, -0.25) is 10.1 Å². The van der Waals surface area contributed by atoms with Gasteiger partial charge in [0.25, 0.3) is 5.69 Å². The smallest absolute Gasteiger partial charge is 0.293 e. The first-order valence-corrected chi connectivity index (χ1v) is 5.53. The number of nitrogen functional groups attached to an aromatic ring is 1. The Hall–Kier alpha value is -1.53. The van der Waals surface area contributed by atoms with Crippen molar-refractivity contribution in [1.29, 1.82) is 0 Å². The topological polar surface area (TPSA) is 81.6 Å². The number of ether oxygens (including phenoxy) is 1. The number of hydrogen-bond donors (Lipinski definition) is 1. The summed E-state index contributed by atoms with van der Waals surface area (Å²) < 4.78 is 5.23. The zero-order valence-corrected chi connectivity index (χ0v) is 9.81. The van der Waals surface area contributed by atoms with Gasteiger partial charge >= 0.3 is 0 Å². The first-order valence-electron chi connectivity index (χ1n) is 5.15. The van der Waals surface area contributed by atoms with E-state index < -0.39 is 4.92 Å². The van der Waals surface area contributed by atoms with Crippen molar-refractivity contribution in [2.45, 2.75) is 0 Å². The Morgan fingerprint density at radius 3 is 2.65 bits per heavy atom. The summed E-state index contributed by atoms with van der Waals surface area (Å²) in [6.07, 6.45) is 0. The van der Waals surface area contributed by atoms with Crippen molar-refractivity contribution >= 4 is 28.7 Å². The van der Waals surface area contributed by atoms with Gasteiger partial charge in [-0.15, -0.1) is 0 Å². The maximum Gasteiger partial charge on any atom is 0.293 e. The summed E-state index contributed by atoms with van der Waals surface area (Å²) >= 11 is 6.04. The number of halogens is 1. The van der Waals surface area contributed by atoms with Gasteiger partial charge in [-0.1, -0.05) is 11.6 Å². The first-order chi connectivity index (χ1) is 8.09. The summed E-state index contributed by atoms with van der Waals surface area (Å²) in [5.41, 5.74) is 6.33. The molecule has 0 aliphatic carbocycles. The van der Waals surface area contributed by atoms with Crippen molar-refractivity contribution < 1.29 is 9.66 Å². The molecule has 6 nitrogen and oxygen atoms in total. The van der Waals surface area contributed by atoms with Crippen molar-refractivity contribution in [3.05, 3.63) is 27.3 Å². The second-order valence-electron chi connectivity index (χ2n) is 3.72. The molecule has 0 saturated carbocycles. The lowest BCUT2D eigenvalue weighted by Gasteiger charge is -2.29. The largest absolute Gasteiger partial charge is 0.393 e. The molecule has 0 bridgehead atoms. The Morgan fingerprint density at radius 1 is 1.41 bits per heavy atom. The van der Waals surface area contributed by atoms with Gasteiger partial charge in [-0.2, -0.15) is 0 Å². The number of rotatable bonds is 2. The molecule has 1 aliphatic rings. The summed E-state index contributed by atoms with van der Waals surface area (Å²) in [6.45, 7) is 2.65. The Labute approximate surface area is 103 Å². The van der Waals surface area contributed by atoms with Crippen LogP contribution in [0.4, 0.5) is 17.1 Å². The van der Waals surface area contributed by atoms with E-state index in [0.29, 0.717) is 31.3 Å². The molecule has 1 aliphatic heterocycles. The fourth-order valence-electron chi connectivity index (χ4n) is 1.77. The third-order valence-corrected chi connectivity index (χ3v) is 2.95. The Morgan fingerprint density at radius 2 is 2.06 bits per heavy atom. The Balaban J connectivity index is 2.35. The molecule has 0 amide bonds. The molecule has 0 unspecified atom stereocenters. The van der Waals surface area contributed by atoms with Crippen LogP contribution in [0.25, 0.3) is 0 Å². The molecule has 17 heavy (non-hydrogen) atoms. The van der Waals surface area contributed by atoms with E-state index in [9.17, 15) is 10.1 Å². The van der Waals surface area contributed by atoms with Crippen LogP contribution in [0.15, 0.2) is 12.1 Å². The number of benzene rings is 1. The van der Waals surface area contributed by atoms with E-state index in [1.807, 2.05) is 4.90 Å². The van der Waals surface area contributed by atoms with Gasteiger partial charge in [0.2, 0.25) is 0 Å². The van der Waals surface area contributed by atoms with E-state index in [4.69, 9.17) is 22.1 Å². The van der Waals surface area contributed by atoms with Crippen LogP contribution in [0.5, 0.6) is 0 Å². The molecular weight excluding hydrogens is 246 g/mol. The molecule has 92 valence electrons. The Bertz CT molecular complexity index is 447. The van der Waals surface area contributed by atoms with Crippen LogP contribution in [-0.4, -0.2) is 31.2 Å². The maximum atomic E-state index is 10.7. The molecule has 0 radical (unpaired) electrons. The quantitative estimate of drug-likeness (QED) is 0.495. The van der Waals surface area contributed by atoms with E-state index in [2.05, 4.69) is 0 Å². The number of hydrogen-bond acceptors (Lipinski definition) is 5. The van der Waals surface area contributed by atoms with E-state index in [0.717, 1.165) is 5.69 Å². The second-order valence-corrected chi connectivity index (χ2v) is 4.13. The fraction of sp³-hybridized carbons (Fsp3) is 0.400. The van der Waals surface area contributed by atoms with Crippen LogP contribution in [-0.2, 0) is 4.74 Å². The van der Waals surface area contributed by atoms with Crippen molar-refractivity contribution in [2.75, 3.05) is 36.9 Å². The predicted octanol–water partition coefficient (Wildman–Crippen LogP) is 1.67. The molecule has 1 aromatic rings. The predicted molar refractivity (Wildman–Crippen MR) is 65.6 cm³/mol. The van der Waals surface area contributed by atoms with Crippen molar-refractivity contribution in [1.82, 2.24) is 0 Å². The van der Waals surface area contributed by atoms with E-state index in [1.54, 1.807) is 6.07 Å². The minimum absolute atomic E-state index is 0.126. The molecule has 2 rings (SSSR count). The Kier molecular flexibility index (Phi) is 3.35. The molecule has 0 aromatic heterocycles. The highest BCUT2D eigenvalue weighted by Gasteiger charge is 2.20. The minimum atomic E-state index is -0.537. The zero-order valence-electron chi connectivity index (χ0n) is 9.06. The monoisotopic (exact) mass is 257 g/mol. The first kappa shape index (κ1) is 11.9. The fourth-order valence-corrected chi connectivity index (χ4v) is 2.05. The van der Waals surface area contributed by atoms with Crippen LogP contribution in [0, 0.1) is 10.1 Å². The molecule has 7 heteroatoms. The highest BCUT2D eigenvalue weighted by Crippen LogP contribution is 2.34. The summed E-state index contributed by atoms with van der Waals surface area (Å²) in [6, 6.07) is 2.84. The number of anilines is 2. The van der Waals surface area contributed by atoms with Crippen molar-refractivity contribution in [3.8, 4) is 0 Å². The van der Waals surface area contributed by atoms with Crippen LogP contribution in [0.1, 0.15) is 0 Å². The van der Waals surface area contributed by atoms with Gasteiger partial charge in [0, 0.05) is 19.2 Å². The normalized spacial score (nSPS) is 15.9. The highest BCUT2D eigenvalue weighted by atomic mass is 35.5. The molecule has 1 fully saturated rings. The van der Waals surface area contributed by atoms with Gasteiger partial charge in [0.15, 0.2) is 0 Å². The summed E-state index contributed by atoms with van der Waals surface area (Å²) in [5.74, 6) is 0. The summed E-state index contributed by atoms with van der Waals surface area (Å²) in [5, 5.41) is 11.0. The van der Waals surface area contributed by atoms with E-state index in [1.165, 1.54) is 6.07 Å². The van der Waals surface area contributed by atoms with Crippen LogP contribution in [0.3, 0.4) is 0 Å². The van der Waals surface area contributed by atoms with E-state index >= 15 is 0 Å². The molecule has 0 spiro atoms. The zero-order chi connectivity index (χ0) is 12.4. The van der Waals surface area contributed by atoms with Gasteiger partial charge in [-0.05, 0) is 6.07 Å². The lowest BCUT2D eigenvalue weighted by molar-refractivity contribution is -0.383. The van der Waals surface area contributed by atoms with Crippen molar-refractivity contribution in [3.63, 3.8) is 0 Å². The van der Waals surface area contributed by atoms with E-state index in [-0.39, 0.29) is 11.4 Å². The summed E-state index contributed by atoms with van der Waals surface area (Å²) in [7, 11) is 0. The molecule has 1 heterocycles. The molecule has 0 atom stereocenters. The van der Waals surface area contributed by atoms with Gasteiger partial charge in [0.1, 0.15) is 5.69 Å². The average molecular weight is 258 g/mol. The van der Waals surface area contributed by atoms with Gasteiger partial charge in [0.05, 0.1) is 28.8 Å². The molecule has 1 saturated heterocycles. The SMILES string of the molecule is Nc1cc(N2CCOCC2)c(Cl)cc1[N+](=O)[O-]. The average Bonchev–Trinajstić information content (AvgIpc) is 2.32. The number of nitrogens with two attached hydrogens (primary N) is 1. The minimum Gasteiger partial charge on any atom is -0.393 e. The second kappa shape index (κ2) is 4.77. The third kappa shape index (κ3) is 2.42. The highest BCUT2D eigenvalue weighted by molar-refractivity contribution is 6.33.